The average molecular weight is 504 g/mol. The Morgan fingerprint density at radius 3 is 2.14 bits per heavy atom. The Morgan fingerprint density at radius 1 is 0.972 bits per heavy atom. The molecule has 0 fully saturated rings. The van der Waals surface area contributed by atoms with Crippen molar-refractivity contribution in [2.45, 2.75) is 26.1 Å². The van der Waals surface area contributed by atoms with E-state index < -0.39 is 18.2 Å². The smallest absolute Gasteiger partial charge is 0.475 e. The molecule has 36 heavy (non-hydrogen) atoms. The predicted octanol–water partition coefficient (Wildman–Crippen LogP) is 4.14. The minimum atomic E-state index is -5.08. The summed E-state index contributed by atoms with van der Waals surface area (Å²) < 4.78 is 31.7. The minimum absolute atomic E-state index is 0.0316. The normalized spacial score (nSPS) is 10.6. The van der Waals surface area contributed by atoms with Gasteiger partial charge in [0.1, 0.15) is 0 Å². The highest BCUT2D eigenvalue weighted by Crippen LogP contribution is 2.20. The number of rotatable bonds is 5. The lowest BCUT2D eigenvalue weighted by molar-refractivity contribution is -0.192. The van der Waals surface area contributed by atoms with Gasteiger partial charge in [-0.25, -0.2) is 19.6 Å². The summed E-state index contributed by atoms with van der Waals surface area (Å²) in [4.78, 5) is 41.3. The second-order valence-corrected chi connectivity index (χ2v) is 7.47. The fourth-order valence-corrected chi connectivity index (χ4v) is 2.64. The SMILES string of the molecule is CC(C)NC(=O)c1cccc(NC(=O)Nc2ccc(-c3ccnc(N)n3)cc2)c1.O=C(O)C(F)(F)F. The van der Waals surface area contributed by atoms with Gasteiger partial charge in [0.15, 0.2) is 0 Å². The number of hydrogen-bond acceptors (Lipinski definition) is 6. The highest BCUT2D eigenvalue weighted by atomic mass is 19.4. The first kappa shape index (κ1) is 27.6. The second-order valence-electron chi connectivity index (χ2n) is 7.47. The van der Waals surface area contributed by atoms with Gasteiger partial charge in [-0.1, -0.05) is 18.2 Å². The second kappa shape index (κ2) is 12.1. The lowest BCUT2D eigenvalue weighted by atomic mass is 10.1. The van der Waals surface area contributed by atoms with E-state index in [0.29, 0.717) is 22.6 Å². The van der Waals surface area contributed by atoms with Crippen molar-refractivity contribution in [1.29, 1.82) is 0 Å². The van der Waals surface area contributed by atoms with E-state index in [9.17, 15) is 22.8 Å². The molecule has 10 nitrogen and oxygen atoms in total. The maximum Gasteiger partial charge on any atom is 0.490 e. The van der Waals surface area contributed by atoms with E-state index in [0.717, 1.165) is 5.56 Å². The molecule has 3 amide bonds. The number of nitrogens with zero attached hydrogens (tertiary/aromatic N) is 2. The van der Waals surface area contributed by atoms with Crippen LogP contribution in [0.4, 0.5) is 35.3 Å². The van der Waals surface area contributed by atoms with E-state index in [2.05, 4.69) is 25.9 Å². The van der Waals surface area contributed by atoms with Crippen LogP contribution in [-0.2, 0) is 4.79 Å². The molecule has 0 radical (unpaired) electrons. The number of urea groups is 1. The number of aromatic nitrogens is 2. The van der Waals surface area contributed by atoms with Crippen molar-refractivity contribution < 1.29 is 32.7 Å². The Balaban J connectivity index is 0.000000572. The molecule has 0 bridgehead atoms. The van der Waals surface area contributed by atoms with Gasteiger partial charge in [-0.2, -0.15) is 13.2 Å². The number of hydrogen-bond donors (Lipinski definition) is 5. The predicted molar refractivity (Wildman–Crippen MR) is 127 cm³/mol. The summed E-state index contributed by atoms with van der Waals surface area (Å²) in [5.74, 6) is -2.74. The number of nitrogens with two attached hydrogens (primary N) is 1. The molecule has 6 N–H and O–H groups in total. The first-order valence-electron chi connectivity index (χ1n) is 10.3. The number of alkyl halides is 3. The van der Waals surface area contributed by atoms with Gasteiger partial charge in [-0.05, 0) is 50.2 Å². The number of anilines is 3. The van der Waals surface area contributed by atoms with Gasteiger partial charge >= 0.3 is 18.2 Å². The van der Waals surface area contributed by atoms with Crippen LogP contribution in [0.3, 0.4) is 0 Å². The van der Waals surface area contributed by atoms with Crippen LogP contribution in [0.1, 0.15) is 24.2 Å². The molecule has 0 atom stereocenters. The minimum Gasteiger partial charge on any atom is -0.475 e. The molecule has 0 saturated carbocycles. The maximum absolute atomic E-state index is 12.3. The van der Waals surface area contributed by atoms with Crippen LogP contribution < -0.4 is 21.7 Å². The number of nitrogen functional groups attached to an aromatic ring is 1. The number of carboxylic acid groups (broad SMARTS) is 1. The Kier molecular flexibility index (Phi) is 9.30. The fourth-order valence-electron chi connectivity index (χ4n) is 2.64. The van der Waals surface area contributed by atoms with Crippen molar-refractivity contribution in [3.8, 4) is 11.3 Å². The molecule has 190 valence electrons. The molecule has 0 spiro atoms. The molecule has 1 aromatic heterocycles. The first-order valence-corrected chi connectivity index (χ1v) is 10.3. The summed E-state index contributed by atoms with van der Waals surface area (Å²) in [5, 5.41) is 15.4. The van der Waals surface area contributed by atoms with Crippen LogP contribution in [0.25, 0.3) is 11.3 Å². The van der Waals surface area contributed by atoms with Crippen molar-refractivity contribution in [3.05, 3.63) is 66.4 Å². The summed E-state index contributed by atoms with van der Waals surface area (Å²) in [5.41, 5.74) is 8.77. The van der Waals surface area contributed by atoms with Crippen molar-refractivity contribution in [2.24, 2.45) is 0 Å². The van der Waals surface area contributed by atoms with E-state index >= 15 is 0 Å². The largest absolute Gasteiger partial charge is 0.490 e. The van der Waals surface area contributed by atoms with Crippen molar-refractivity contribution in [2.75, 3.05) is 16.4 Å². The third-order valence-corrected chi connectivity index (χ3v) is 4.16. The third kappa shape index (κ3) is 8.93. The molecule has 0 aliphatic rings. The number of carboxylic acids is 1. The number of benzene rings is 2. The van der Waals surface area contributed by atoms with Crippen molar-refractivity contribution >= 4 is 35.2 Å². The van der Waals surface area contributed by atoms with Crippen molar-refractivity contribution in [3.63, 3.8) is 0 Å². The molecule has 0 aliphatic carbocycles. The summed E-state index contributed by atoms with van der Waals surface area (Å²) in [6.45, 7) is 3.77. The Hall–Kier alpha value is -4.68. The van der Waals surface area contributed by atoms with E-state index in [4.69, 9.17) is 15.6 Å². The summed E-state index contributed by atoms with van der Waals surface area (Å²) in [7, 11) is 0. The van der Waals surface area contributed by atoms with E-state index in [1.165, 1.54) is 0 Å². The van der Waals surface area contributed by atoms with Crippen LogP contribution in [0, 0.1) is 0 Å². The lowest BCUT2D eigenvalue weighted by Gasteiger charge is -2.11. The standard InChI is InChI=1S/C21H22N6O2.C2HF3O2/c1-13(2)24-19(28)15-4-3-5-17(12-15)26-21(29)25-16-8-6-14(7-9-16)18-10-11-23-20(22)27-18;3-2(4,5)1(6)7/h3-13H,1-2H3,(H,24,28)(H2,22,23,27)(H2,25,26,29);(H,6,7). The monoisotopic (exact) mass is 504 g/mol. The van der Waals surface area contributed by atoms with Crippen LogP contribution in [0.2, 0.25) is 0 Å². The zero-order valence-corrected chi connectivity index (χ0v) is 19.1. The van der Waals surface area contributed by atoms with Gasteiger partial charge in [0.25, 0.3) is 5.91 Å². The fraction of sp³-hybridized carbons (Fsp3) is 0.174. The molecule has 3 aromatic rings. The van der Waals surface area contributed by atoms with Gasteiger partial charge in [0.05, 0.1) is 5.69 Å². The number of carbonyl (C=O) groups is 3. The van der Waals surface area contributed by atoms with Gasteiger partial charge in [-0.3, -0.25) is 4.79 Å². The lowest BCUT2D eigenvalue weighted by Crippen LogP contribution is -2.30. The molecule has 0 saturated heterocycles. The molecular weight excluding hydrogens is 481 g/mol. The number of nitrogens with one attached hydrogen (secondary N) is 3. The summed E-state index contributed by atoms with van der Waals surface area (Å²) in [6, 6.07) is 15.3. The van der Waals surface area contributed by atoms with Gasteiger partial charge < -0.3 is 26.8 Å². The van der Waals surface area contributed by atoms with E-state index in [-0.39, 0.29) is 17.9 Å². The maximum atomic E-state index is 12.3. The van der Waals surface area contributed by atoms with E-state index in [1.54, 1.807) is 48.7 Å². The van der Waals surface area contributed by atoms with Crippen LogP contribution >= 0.6 is 0 Å². The first-order chi connectivity index (χ1) is 16.8. The van der Waals surface area contributed by atoms with E-state index in [1.807, 2.05) is 26.0 Å². The highest BCUT2D eigenvalue weighted by molar-refractivity contribution is 6.01. The number of halogens is 3. The third-order valence-electron chi connectivity index (χ3n) is 4.16. The van der Waals surface area contributed by atoms with Crippen LogP contribution in [0.5, 0.6) is 0 Å². The number of carbonyl (C=O) groups excluding carboxylic acids is 2. The molecule has 13 heteroatoms. The van der Waals surface area contributed by atoms with Crippen LogP contribution in [-0.4, -0.2) is 45.2 Å². The van der Waals surface area contributed by atoms with Crippen LogP contribution in [0.15, 0.2) is 60.8 Å². The summed E-state index contributed by atoms with van der Waals surface area (Å²) >= 11 is 0. The zero-order chi connectivity index (χ0) is 26.9. The number of amides is 3. The zero-order valence-electron chi connectivity index (χ0n) is 19.1. The summed E-state index contributed by atoms with van der Waals surface area (Å²) in [6.07, 6.45) is -3.49. The van der Waals surface area contributed by atoms with Crippen molar-refractivity contribution in [1.82, 2.24) is 15.3 Å². The molecule has 3 rings (SSSR count). The Bertz CT molecular complexity index is 1220. The molecule has 0 aliphatic heterocycles. The topological polar surface area (TPSA) is 159 Å². The molecular formula is C23H23F3N6O4. The Labute approximate surface area is 203 Å². The van der Waals surface area contributed by atoms with Gasteiger partial charge in [0.2, 0.25) is 5.95 Å². The molecule has 2 aromatic carbocycles. The molecule has 0 unspecified atom stereocenters. The average Bonchev–Trinajstić information content (AvgIpc) is 2.79. The highest BCUT2D eigenvalue weighted by Gasteiger charge is 2.38. The van der Waals surface area contributed by atoms with Gasteiger partial charge in [-0.15, -0.1) is 0 Å². The van der Waals surface area contributed by atoms with Gasteiger partial charge in [0, 0.05) is 34.7 Å². The number of aliphatic carboxylic acids is 1. The quantitative estimate of drug-likeness (QED) is 0.349. The Morgan fingerprint density at radius 2 is 1.58 bits per heavy atom. The molecule has 1 heterocycles.